The van der Waals surface area contributed by atoms with Gasteiger partial charge in [0.05, 0.1) is 0 Å². The van der Waals surface area contributed by atoms with E-state index < -0.39 is 0 Å². The van der Waals surface area contributed by atoms with Crippen LogP contribution < -0.4 is 0 Å². The molecule has 0 atom stereocenters. The number of rotatable bonds is 0. The van der Waals surface area contributed by atoms with Gasteiger partial charge in [-0.25, -0.2) is 0 Å². The van der Waals surface area contributed by atoms with Crippen molar-refractivity contribution < 1.29 is 38.3 Å². The maximum Gasteiger partial charge on any atom is 2.00 e. The Labute approximate surface area is 62.0 Å². The van der Waals surface area contributed by atoms with Crippen LogP contribution >= 0.6 is 0 Å². The second-order valence-corrected chi connectivity index (χ2v) is 0. The Balaban J connectivity index is 0. The van der Waals surface area contributed by atoms with Crippen LogP contribution in [0.4, 0.5) is 0 Å². The third-order valence-electron chi connectivity index (χ3n) is 0. The van der Waals surface area contributed by atoms with E-state index in [4.69, 9.17) is 0 Å². The number of hydrogen-bond acceptors (Lipinski definition) is 0. The molecule has 0 radical (unpaired) electrons. The van der Waals surface area contributed by atoms with E-state index in [1.165, 1.54) is 0 Å². The summed E-state index contributed by atoms with van der Waals surface area (Å²) in [5.74, 6) is 0. The van der Waals surface area contributed by atoms with Gasteiger partial charge in [0.2, 0.25) is 0 Å². The van der Waals surface area contributed by atoms with Gasteiger partial charge >= 0.3 is 23.1 Å². The van der Waals surface area contributed by atoms with E-state index in [2.05, 4.69) is 0 Å². The molecule has 0 heterocycles. The first-order valence-corrected chi connectivity index (χ1v) is 0. The molecule has 0 fully saturated rings. The van der Waals surface area contributed by atoms with Gasteiger partial charge < -0.3 is 38.3 Å². The third-order valence-corrected chi connectivity index (χ3v) is 0. The van der Waals surface area contributed by atoms with E-state index in [0.717, 1.165) is 0 Å². The zero-order chi connectivity index (χ0) is 0. The summed E-state index contributed by atoms with van der Waals surface area (Å²) in [5.41, 5.74) is 0. The minimum atomic E-state index is 0. The Morgan fingerprint density at radius 1 is 0.250 bits per heavy atom. The Morgan fingerprint density at radius 2 is 0.250 bits per heavy atom. The molecule has 8 heteroatoms. The molecule has 56 valence electrons. The first-order valence-electron chi connectivity index (χ1n) is 0. The Hall–Kier alpha value is 0.486. The second kappa shape index (κ2) is 1330. The van der Waals surface area contributed by atoms with Gasteiger partial charge in [-0.05, 0) is 0 Å². The fraction of sp³-hybridized carbons (Fsp3) is 0. The molecule has 7 nitrogen and oxygen atoms in total. The molecule has 14 N–H and O–H groups in total. The van der Waals surface area contributed by atoms with Crippen LogP contribution in [0.15, 0.2) is 0 Å². The van der Waals surface area contributed by atoms with Gasteiger partial charge in [0, 0.05) is 0 Å². The Bertz CT molecular complexity index is 4.35. The zero-order valence-corrected chi connectivity index (χ0v) is 5.62. The van der Waals surface area contributed by atoms with E-state index in [9.17, 15) is 0 Å². The normalized spacial score (nSPS) is 0. The van der Waals surface area contributed by atoms with Crippen molar-refractivity contribution in [2.75, 3.05) is 0 Å². The first-order chi connectivity index (χ1) is 0. The smallest absolute Gasteiger partial charge is 0.412 e. The molecule has 0 spiro atoms. The predicted molar refractivity (Wildman–Crippen MR) is 31.1 cm³/mol. The molecule has 8 heavy (non-hydrogen) atoms. The topological polar surface area (TPSA) is 220 Å². The summed E-state index contributed by atoms with van der Waals surface area (Å²) in [6.07, 6.45) is 0. The van der Waals surface area contributed by atoms with Gasteiger partial charge in [-0.15, -0.1) is 0 Å². The van der Waals surface area contributed by atoms with Crippen molar-refractivity contribution in [3.63, 3.8) is 0 Å². The molecule has 0 unspecified atom stereocenters. The summed E-state index contributed by atoms with van der Waals surface area (Å²) >= 11 is 0. The van der Waals surface area contributed by atoms with Crippen molar-refractivity contribution in [1.29, 1.82) is 0 Å². The summed E-state index contributed by atoms with van der Waals surface area (Å²) in [7, 11) is 0. The van der Waals surface area contributed by atoms with E-state index in [0.29, 0.717) is 0 Å². The van der Waals surface area contributed by atoms with Crippen molar-refractivity contribution in [2.45, 2.75) is 0 Å². The SMILES string of the molecule is O.O.O.O.O.O.O.[Mg+2]. The molecular weight excluding hydrogens is 136 g/mol. The quantitative estimate of drug-likeness (QED) is 0.294. The van der Waals surface area contributed by atoms with Crippen LogP contribution in [-0.2, 0) is 0 Å². The van der Waals surface area contributed by atoms with Crippen LogP contribution in [0.5, 0.6) is 0 Å². The van der Waals surface area contributed by atoms with Crippen molar-refractivity contribution in [1.82, 2.24) is 0 Å². The number of hydrogen-bond donors (Lipinski definition) is 0. The molecule has 0 aliphatic carbocycles. The molecular formula is H14MgO7+2. The van der Waals surface area contributed by atoms with Gasteiger partial charge in [-0.2, -0.15) is 0 Å². The van der Waals surface area contributed by atoms with E-state index in [-0.39, 0.29) is 61.4 Å². The Morgan fingerprint density at radius 3 is 0.250 bits per heavy atom. The van der Waals surface area contributed by atoms with E-state index in [1.54, 1.807) is 0 Å². The Kier molecular flexibility index (Phi) is 335000. The molecule has 0 aliphatic rings. The standard InChI is InChI=1S/Mg.7H2O/h;7*1H2/q+2;;;;;;;. The summed E-state index contributed by atoms with van der Waals surface area (Å²) in [6.45, 7) is 0. The molecule has 0 aromatic heterocycles. The summed E-state index contributed by atoms with van der Waals surface area (Å²) in [6, 6.07) is 0. The van der Waals surface area contributed by atoms with Gasteiger partial charge in [0.25, 0.3) is 0 Å². The maximum absolute atomic E-state index is 0. The van der Waals surface area contributed by atoms with Gasteiger partial charge in [-0.3, -0.25) is 0 Å². The molecule has 0 aromatic rings. The van der Waals surface area contributed by atoms with E-state index >= 15 is 0 Å². The third kappa shape index (κ3) is 826. The van der Waals surface area contributed by atoms with Crippen molar-refractivity contribution in [2.24, 2.45) is 0 Å². The molecule has 0 aliphatic heterocycles. The predicted octanol–water partition coefficient (Wildman–Crippen LogP) is -6.15. The van der Waals surface area contributed by atoms with Crippen LogP contribution in [0.2, 0.25) is 0 Å². The molecule has 0 bridgehead atoms. The van der Waals surface area contributed by atoms with Gasteiger partial charge in [-0.1, -0.05) is 0 Å². The minimum Gasteiger partial charge on any atom is -0.412 e. The van der Waals surface area contributed by atoms with Crippen LogP contribution in [-0.4, -0.2) is 61.4 Å². The fourth-order valence-electron chi connectivity index (χ4n) is 0. The van der Waals surface area contributed by atoms with E-state index in [1.807, 2.05) is 0 Å². The summed E-state index contributed by atoms with van der Waals surface area (Å²) in [5, 5.41) is 0. The van der Waals surface area contributed by atoms with Crippen LogP contribution in [0.25, 0.3) is 0 Å². The van der Waals surface area contributed by atoms with Crippen molar-refractivity contribution >= 4 is 23.1 Å². The molecule has 0 saturated heterocycles. The van der Waals surface area contributed by atoms with Crippen LogP contribution in [0, 0.1) is 0 Å². The monoisotopic (exact) mass is 150 g/mol. The summed E-state index contributed by atoms with van der Waals surface area (Å²) in [4.78, 5) is 0. The average Bonchev–Trinajstić information content (AvgIpc) is 0. The second-order valence-electron chi connectivity index (χ2n) is 0. The largest absolute Gasteiger partial charge is 2.00 e. The maximum atomic E-state index is 0. The fourth-order valence-corrected chi connectivity index (χ4v) is 0. The van der Waals surface area contributed by atoms with Gasteiger partial charge in [0.1, 0.15) is 0 Å². The van der Waals surface area contributed by atoms with Crippen LogP contribution in [0.1, 0.15) is 0 Å². The first kappa shape index (κ1) is 2010. The molecule has 0 amide bonds. The zero-order valence-electron chi connectivity index (χ0n) is 4.21. The van der Waals surface area contributed by atoms with Crippen molar-refractivity contribution in [3.05, 3.63) is 0 Å². The summed E-state index contributed by atoms with van der Waals surface area (Å²) < 4.78 is 0. The van der Waals surface area contributed by atoms with Crippen molar-refractivity contribution in [3.8, 4) is 0 Å². The average molecular weight is 150 g/mol. The van der Waals surface area contributed by atoms with Gasteiger partial charge in [0.15, 0.2) is 0 Å². The molecule has 0 aromatic carbocycles. The van der Waals surface area contributed by atoms with Crippen LogP contribution in [0.3, 0.4) is 0 Å². The molecule has 0 saturated carbocycles. The minimum absolute atomic E-state index is 0. The molecule has 0 rings (SSSR count).